The van der Waals surface area contributed by atoms with E-state index in [0.29, 0.717) is 17.1 Å². The maximum atomic E-state index is 12.4. The smallest absolute Gasteiger partial charge is 0.252 e. The quantitative estimate of drug-likeness (QED) is 0.801. The second-order valence-electron chi connectivity index (χ2n) is 5.81. The Morgan fingerprint density at radius 3 is 2.50 bits per heavy atom. The molecule has 1 N–H and O–H groups in total. The third-order valence-electron chi connectivity index (χ3n) is 4.46. The Bertz CT molecular complexity index is 683. The number of carbonyl (C=O) groups is 1. The minimum absolute atomic E-state index is 0.0821. The molecular weight excluding hydrogens is 362 g/mol. The van der Waals surface area contributed by atoms with Crippen LogP contribution in [0.1, 0.15) is 35.2 Å². The summed E-state index contributed by atoms with van der Waals surface area (Å²) in [4.78, 5) is 12.4. The Morgan fingerprint density at radius 2 is 1.91 bits per heavy atom. The van der Waals surface area contributed by atoms with Gasteiger partial charge in [-0.15, -0.1) is 0 Å². The van der Waals surface area contributed by atoms with Gasteiger partial charge in [0.2, 0.25) is 0 Å². The van der Waals surface area contributed by atoms with Crippen molar-refractivity contribution in [3.8, 4) is 0 Å². The molecule has 1 aliphatic rings. The number of halogens is 2. The molecule has 0 radical (unpaired) electrons. The fraction of sp³-hybridized carbons (Fsp3) is 0.278. The first-order valence-corrected chi connectivity index (χ1v) is 8.57. The second-order valence-corrected chi connectivity index (χ2v) is 7.13. The monoisotopic (exact) mass is 377 g/mol. The van der Waals surface area contributed by atoms with Crippen LogP contribution >= 0.6 is 27.5 Å². The predicted molar refractivity (Wildman–Crippen MR) is 93.5 cm³/mol. The average molecular weight is 379 g/mol. The van der Waals surface area contributed by atoms with Gasteiger partial charge in [0.25, 0.3) is 5.91 Å². The van der Waals surface area contributed by atoms with Crippen molar-refractivity contribution in [3.05, 3.63) is 69.2 Å². The number of nitrogens with one attached hydrogen (secondary N) is 1. The molecule has 0 heterocycles. The summed E-state index contributed by atoms with van der Waals surface area (Å²) in [6.45, 7) is 0.655. The van der Waals surface area contributed by atoms with E-state index in [0.717, 1.165) is 17.3 Å². The number of benzene rings is 2. The number of rotatable bonds is 4. The highest BCUT2D eigenvalue weighted by Crippen LogP contribution is 2.43. The van der Waals surface area contributed by atoms with Gasteiger partial charge in [-0.2, -0.15) is 0 Å². The lowest BCUT2D eigenvalue weighted by Crippen LogP contribution is -2.45. The molecule has 0 saturated heterocycles. The third kappa shape index (κ3) is 3.06. The molecule has 0 atom stereocenters. The Kier molecular flexibility index (Phi) is 4.55. The lowest BCUT2D eigenvalue weighted by molar-refractivity contribution is 0.0928. The van der Waals surface area contributed by atoms with Crippen LogP contribution in [0.3, 0.4) is 0 Å². The van der Waals surface area contributed by atoms with Gasteiger partial charge < -0.3 is 5.32 Å². The van der Waals surface area contributed by atoms with E-state index in [1.807, 2.05) is 12.1 Å². The number of carbonyl (C=O) groups excluding carboxylic acids is 1. The van der Waals surface area contributed by atoms with Crippen LogP contribution in [0.5, 0.6) is 0 Å². The van der Waals surface area contributed by atoms with Crippen LogP contribution in [-0.2, 0) is 5.41 Å². The van der Waals surface area contributed by atoms with Crippen LogP contribution in [0.15, 0.2) is 53.0 Å². The fourth-order valence-electron chi connectivity index (χ4n) is 2.98. The summed E-state index contributed by atoms with van der Waals surface area (Å²) in [6, 6.07) is 15.8. The minimum atomic E-state index is -0.111. The van der Waals surface area contributed by atoms with Crippen LogP contribution in [0, 0.1) is 0 Å². The Morgan fingerprint density at radius 1 is 1.18 bits per heavy atom. The lowest BCUT2D eigenvalue weighted by Gasteiger charge is -2.42. The molecule has 2 aromatic rings. The van der Waals surface area contributed by atoms with Crippen LogP contribution in [0.4, 0.5) is 0 Å². The van der Waals surface area contributed by atoms with Gasteiger partial charge in [0.05, 0.1) is 10.6 Å². The van der Waals surface area contributed by atoms with Gasteiger partial charge in [-0.1, -0.05) is 64.3 Å². The zero-order valence-corrected chi connectivity index (χ0v) is 14.5. The van der Waals surface area contributed by atoms with Crippen LogP contribution in [0.25, 0.3) is 0 Å². The predicted octanol–water partition coefficient (Wildman–Crippen LogP) is 4.95. The van der Waals surface area contributed by atoms with Crippen molar-refractivity contribution in [3.63, 3.8) is 0 Å². The molecule has 0 aliphatic heterocycles. The van der Waals surface area contributed by atoms with E-state index in [2.05, 4.69) is 45.5 Å². The van der Waals surface area contributed by atoms with Gasteiger partial charge in [-0.3, -0.25) is 4.79 Å². The molecule has 2 aromatic carbocycles. The molecule has 0 unspecified atom stereocenters. The van der Waals surface area contributed by atoms with Gasteiger partial charge in [0.1, 0.15) is 0 Å². The lowest BCUT2D eigenvalue weighted by atomic mass is 9.64. The van der Waals surface area contributed by atoms with Crippen molar-refractivity contribution in [1.82, 2.24) is 5.32 Å². The Hall–Kier alpha value is -1.32. The first-order chi connectivity index (χ1) is 10.6. The second kappa shape index (κ2) is 6.43. The summed E-state index contributed by atoms with van der Waals surface area (Å²) in [5.74, 6) is -0.111. The SMILES string of the molecule is O=C(NCC1(c2ccccc2)CCC1)c1ccc(Br)cc1Cl. The molecule has 1 saturated carbocycles. The number of hydrogen-bond donors (Lipinski definition) is 1. The third-order valence-corrected chi connectivity index (χ3v) is 5.27. The van der Waals surface area contributed by atoms with Gasteiger partial charge in [0.15, 0.2) is 0 Å². The topological polar surface area (TPSA) is 29.1 Å². The van der Waals surface area contributed by atoms with Crippen molar-refractivity contribution in [2.45, 2.75) is 24.7 Å². The highest BCUT2D eigenvalue weighted by atomic mass is 79.9. The van der Waals surface area contributed by atoms with E-state index in [4.69, 9.17) is 11.6 Å². The van der Waals surface area contributed by atoms with Crippen molar-refractivity contribution in [2.75, 3.05) is 6.54 Å². The number of hydrogen-bond acceptors (Lipinski definition) is 1. The summed E-state index contributed by atoms with van der Waals surface area (Å²) >= 11 is 9.50. The first-order valence-electron chi connectivity index (χ1n) is 7.40. The Labute approximate surface area is 144 Å². The minimum Gasteiger partial charge on any atom is -0.351 e. The molecule has 114 valence electrons. The van der Waals surface area contributed by atoms with E-state index in [-0.39, 0.29) is 11.3 Å². The normalized spacial score (nSPS) is 15.9. The molecule has 2 nitrogen and oxygen atoms in total. The summed E-state index contributed by atoms with van der Waals surface area (Å²) in [5, 5.41) is 3.53. The summed E-state index contributed by atoms with van der Waals surface area (Å²) < 4.78 is 0.869. The highest BCUT2D eigenvalue weighted by molar-refractivity contribution is 9.10. The highest BCUT2D eigenvalue weighted by Gasteiger charge is 2.38. The fourth-order valence-corrected chi connectivity index (χ4v) is 3.74. The largest absolute Gasteiger partial charge is 0.351 e. The van der Waals surface area contributed by atoms with E-state index in [9.17, 15) is 4.79 Å². The molecular formula is C18H17BrClNO. The molecule has 0 aromatic heterocycles. The maximum absolute atomic E-state index is 12.4. The van der Waals surface area contributed by atoms with E-state index in [1.165, 1.54) is 12.0 Å². The molecule has 1 amide bonds. The van der Waals surface area contributed by atoms with E-state index in [1.54, 1.807) is 12.1 Å². The van der Waals surface area contributed by atoms with Crippen molar-refractivity contribution in [2.24, 2.45) is 0 Å². The zero-order valence-electron chi connectivity index (χ0n) is 12.1. The van der Waals surface area contributed by atoms with Gasteiger partial charge in [0, 0.05) is 16.4 Å². The molecule has 22 heavy (non-hydrogen) atoms. The molecule has 0 bridgehead atoms. The van der Waals surface area contributed by atoms with Crippen molar-refractivity contribution in [1.29, 1.82) is 0 Å². The van der Waals surface area contributed by atoms with Crippen LogP contribution < -0.4 is 5.32 Å². The Balaban J connectivity index is 1.72. The first kappa shape index (κ1) is 15.6. The van der Waals surface area contributed by atoms with Gasteiger partial charge in [-0.05, 0) is 36.6 Å². The van der Waals surface area contributed by atoms with Crippen molar-refractivity contribution >= 4 is 33.4 Å². The molecule has 0 spiro atoms. The molecule has 1 aliphatic carbocycles. The van der Waals surface area contributed by atoms with Crippen molar-refractivity contribution < 1.29 is 4.79 Å². The van der Waals surface area contributed by atoms with Gasteiger partial charge >= 0.3 is 0 Å². The molecule has 1 fully saturated rings. The van der Waals surface area contributed by atoms with Gasteiger partial charge in [-0.25, -0.2) is 0 Å². The molecule has 3 rings (SSSR count). The average Bonchev–Trinajstić information content (AvgIpc) is 2.47. The standard InChI is InChI=1S/C18H17BrClNO/c19-14-7-8-15(16(20)11-14)17(22)21-12-18(9-4-10-18)13-5-2-1-3-6-13/h1-3,5-8,11H,4,9-10,12H2,(H,21,22). The summed E-state index contributed by atoms with van der Waals surface area (Å²) in [5.41, 5.74) is 1.91. The number of amides is 1. The van der Waals surface area contributed by atoms with E-state index < -0.39 is 0 Å². The summed E-state index contributed by atoms with van der Waals surface area (Å²) in [7, 11) is 0. The summed E-state index contributed by atoms with van der Waals surface area (Å²) in [6.07, 6.45) is 3.44. The van der Waals surface area contributed by atoms with E-state index >= 15 is 0 Å². The maximum Gasteiger partial charge on any atom is 0.252 e. The molecule has 4 heteroatoms. The van der Waals surface area contributed by atoms with Crippen LogP contribution in [-0.4, -0.2) is 12.5 Å². The zero-order chi connectivity index (χ0) is 15.6. The van der Waals surface area contributed by atoms with Crippen LogP contribution in [0.2, 0.25) is 5.02 Å².